The maximum atomic E-state index is 11.9. The van der Waals surface area contributed by atoms with E-state index >= 15 is 0 Å². The Kier molecular flexibility index (Phi) is 5.20. The van der Waals surface area contributed by atoms with Gasteiger partial charge in [0, 0.05) is 17.4 Å². The van der Waals surface area contributed by atoms with Crippen molar-refractivity contribution in [1.29, 1.82) is 5.26 Å². The summed E-state index contributed by atoms with van der Waals surface area (Å²) in [5.41, 5.74) is 7.26. The molecule has 1 aromatic carbocycles. The zero-order valence-electron chi connectivity index (χ0n) is 11.6. The highest BCUT2D eigenvalue weighted by Gasteiger charge is 2.08. The number of nitrogens with two attached hydrogens (primary N) is 1. The number of nitrogens with zero attached hydrogens (tertiary/aromatic N) is 3. The average Bonchev–Trinajstić information content (AvgIpc) is 2.44. The first-order valence-corrected chi connectivity index (χ1v) is 7.58. The number of nitriles is 1. The molecule has 0 bridgehead atoms. The molecule has 0 spiro atoms. The van der Waals surface area contributed by atoms with Crippen molar-refractivity contribution in [2.24, 2.45) is 0 Å². The van der Waals surface area contributed by atoms with Gasteiger partial charge in [-0.3, -0.25) is 4.79 Å². The number of thioether (sulfide) groups is 1. The molecular formula is C14H12ClN5OS. The number of anilines is 2. The van der Waals surface area contributed by atoms with Crippen LogP contribution in [-0.2, 0) is 4.79 Å². The van der Waals surface area contributed by atoms with Crippen molar-refractivity contribution in [3.05, 3.63) is 40.5 Å². The van der Waals surface area contributed by atoms with E-state index in [1.54, 1.807) is 25.1 Å². The van der Waals surface area contributed by atoms with Crippen molar-refractivity contribution in [2.75, 3.05) is 16.8 Å². The van der Waals surface area contributed by atoms with Crippen molar-refractivity contribution in [3.63, 3.8) is 0 Å². The van der Waals surface area contributed by atoms with E-state index in [4.69, 9.17) is 22.6 Å². The molecule has 2 rings (SSSR count). The first-order chi connectivity index (χ1) is 10.5. The van der Waals surface area contributed by atoms with E-state index in [0.717, 1.165) is 5.69 Å². The van der Waals surface area contributed by atoms with E-state index in [1.807, 2.05) is 6.07 Å². The third kappa shape index (κ3) is 4.35. The van der Waals surface area contributed by atoms with Gasteiger partial charge in [0.25, 0.3) is 0 Å². The molecule has 0 atom stereocenters. The fraction of sp³-hybridized carbons (Fsp3) is 0.143. The van der Waals surface area contributed by atoms with Gasteiger partial charge >= 0.3 is 0 Å². The molecule has 0 radical (unpaired) electrons. The second-order valence-corrected chi connectivity index (χ2v) is 5.71. The molecule has 22 heavy (non-hydrogen) atoms. The molecule has 2 aromatic rings. The second-order valence-electron chi connectivity index (χ2n) is 4.36. The van der Waals surface area contributed by atoms with Crippen LogP contribution in [-0.4, -0.2) is 21.6 Å². The van der Waals surface area contributed by atoms with Crippen LogP contribution in [0.2, 0.25) is 5.02 Å². The fourth-order valence-electron chi connectivity index (χ4n) is 1.64. The van der Waals surface area contributed by atoms with Gasteiger partial charge in [0.15, 0.2) is 5.16 Å². The molecule has 0 saturated carbocycles. The van der Waals surface area contributed by atoms with Gasteiger partial charge in [0.05, 0.1) is 16.3 Å². The summed E-state index contributed by atoms with van der Waals surface area (Å²) in [5.74, 6) is 0.282. The van der Waals surface area contributed by atoms with Crippen molar-refractivity contribution < 1.29 is 4.79 Å². The van der Waals surface area contributed by atoms with Crippen LogP contribution < -0.4 is 11.1 Å². The average molecular weight is 334 g/mol. The number of aromatic nitrogens is 2. The van der Waals surface area contributed by atoms with Gasteiger partial charge in [-0.15, -0.1) is 0 Å². The number of halogens is 1. The monoisotopic (exact) mass is 333 g/mol. The number of carbonyl (C=O) groups is 1. The zero-order chi connectivity index (χ0) is 16.1. The molecular weight excluding hydrogens is 322 g/mol. The normalized spacial score (nSPS) is 10.0. The van der Waals surface area contributed by atoms with Crippen LogP contribution in [0.15, 0.2) is 29.4 Å². The third-order valence-electron chi connectivity index (χ3n) is 2.56. The van der Waals surface area contributed by atoms with E-state index in [2.05, 4.69) is 15.3 Å². The largest absolute Gasteiger partial charge is 0.384 e. The Morgan fingerprint density at radius 1 is 1.45 bits per heavy atom. The minimum Gasteiger partial charge on any atom is -0.384 e. The van der Waals surface area contributed by atoms with Crippen molar-refractivity contribution in [2.45, 2.75) is 12.1 Å². The van der Waals surface area contributed by atoms with Gasteiger partial charge in [-0.25, -0.2) is 9.97 Å². The Labute approximate surface area is 136 Å². The van der Waals surface area contributed by atoms with Crippen molar-refractivity contribution >= 4 is 40.8 Å². The van der Waals surface area contributed by atoms with E-state index in [-0.39, 0.29) is 11.7 Å². The van der Waals surface area contributed by atoms with E-state index < -0.39 is 0 Å². The Morgan fingerprint density at radius 2 is 2.23 bits per heavy atom. The number of carbonyl (C=O) groups excluding carboxylic acids is 1. The number of aryl methyl sites for hydroxylation is 1. The third-order valence-corrected chi connectivity index (χ3v) is 3.72. The van der Waals surface area contributed by atoms with Gasteiger partial charge < -0.3 is 11.1 Å². The molecule has 1 heterocycles. The van der Waals surface area contributed by atoms with Crippen LogP contribution in [0.5, 0.6) is 0 Å². The maximum absolute atomic E-state index is 11.9. The lowest BCUT2D eigenvalue weighted by molar-refractivity contribution is -0.113. The lowest BCUT2D eigenvalue weighted by Gasteiger charge is -2.06. The smallest absolute Gasteiger partial charge is 0.234 e. The predicted octanol–water partition coefficient (Wildman–Crippen LogP) is 2.62. The molecule has 3 N–H and O–H groups in total. The van der Waals surface area contributed by atoms with Gasteiger partial charge in [-0.1, -0.05) is 23.4 Å². The number of nitrogen functional groups attached to an aromatic ring is 1. The lowest BCUT2D eigenvalue weighted by Crippen LogP contribution is -2.14. The second kappa shape index (κ2) is 7.11. The predicted molar refractivity (Wildman–Crippen MR) is 86.7 cm³/mol. The molecule has 0 unspecified atom stereocenters. The van der Waals surface area contributed by atoms with Crippen molar-refractivity contribution in [3.8, 4) is 6.07 Å². The standard InChI is InChI=1S/C14H12ClN5OS/c1-8-4-12(17)20-14(18-8)22-7-13(21)19-10-3-2-9(6-16)11(15)5-10/h2-5H,7H2,1H3,(H,19,21)(H2,17,18,20). The van der Waals surface area contributed by atoms with E-state index in [1.165, 1.54) is 17.8 Å². The SMILES string of the molecule is Cc1cc(N)nc(SCC(=O)Nc2ccc(C#N)c(Cl)c2)n1. The topological polar surface area (TPSA) is 105 Å². The molecule has 8 heteroatoms. The van der Waals surface area contributed by atoms with Crippen LogP contribution in [0.25, 0.3) is 0 Å². The molecule has 0 saturated heterocycles. The number of benzene rings is 1. The van der Waals surface area contributed by atoms with Gasteiger partial charge in [-0.2, -0.15) is 5.26 Å². The van der Waals surface area contributed by atoms with Crippen LogP contribution in [0.3, 0.4) is 0 Å². The molecule has 0 aliphatic carbocycles. The number of hydrogen-bond acceptors (Lipinski definition) is 6. The number of hydrogen-bond donors (Lipinski definition) is 2. The highest BCUT2D eigenvalue weighted by molar-refractivity contribution is 7.99. The quantitative estimate of drug-likeness (QED) is 0.658. The Balaban J connectivity index is 1.96. The Bertz CT molecular complexity index is 739. The first-order valence-electron chi connectivity index (χ1n) is 6.21. The zero-order valence-corrected chi connectivity index (χ0v) is 13.2. The molecule has 6 nitrogen and oxygen atoms in total. The summed E-state index contributed by atoms with van der Waals surface area (Å²) in [6.07, 6.45) is 0. The number of amides is 1. The van der Waals surface area contributed by atoms with E-state index in [9.17, 15) is 4.79 Å². The summed E-state index contributed by atoms with van der Waals surface area (Å²) in [6.45, 7) is 1.81. The fourth-order valence-corrected chi connectivity index (χ4v) is 2.57. The van der Waals surface area contributed by atoms with Crippen LogP contribution in [0.1, 0.15) is 11.3 Å². The summed E-state index contributed by atoms with van der Waals surface area (Å²) in [4.78, 5) is 20.1. The summed E-state index contributed by atoms with van der Waals surface area (Å²) in [7, 11) is 0. The maximum Gasteiger partial charge on any atom is 0.234 e. The summed E-state index contributed by atoms with van der Waals surface area (Å²) in [5, 5.41) is 12.2. The first kappa shape index (κ1) is 16.1. The molecule has 1 aromatic heterocycles. The van der Waals surface area contributed by atoms with Crippen molar-refractivity contribution in [1.82, 2.24) is 9.97 Å². The van der Waals surface area contributed by atoms with Crippen LogP contribution in [0, 0.1) is 18.3 Å². The number of rotatable bonds is 4. The van der Waals surface area contributed by atoms with E-state index in [0.29, 0.717) is 27.2 Å². The molecule has 1 amide bonds. The molecule has 112 valence electrons. The van der Waals surface area contributed by atoms with Gasteiger partial charge in [-0.05, 0) is 25.1 Å². The molecule has 0 aliphatic heterocycles. The molecule has 0 fully saturated rings. The number of nitrogens with one attached hydrogen (secondary N) is 1. The van der Waals surface area contributed by atoms with Gasteiger partial charge in [0.2, 0.25) is 5.91 Å². The minimum absolute atomic E-state index is 0.139. The lowest BCUT2D eigenvalue weighted by atomic mass is 10.2. The Morgan fingerprint density at radius 3 is 2.86 bits per heavy atom. The summed E-state index contributed by atoms with van der Waals surface area (Å²) < 4.78 is 0. The van der Waals surface area contributed by atoms with Crippen LogP contribution >= 0.6 is 23.4 Å². The minimum atomic E-state index is -0.227. The summed E-state index contributed by atoms with van der Waals surface area (Å²) >= 11 is 7.10. The highest BCUT2D eigenvalue weighted by atomic mass is 35.5. The highest BCUT2D eigenvalue weighted by Crippen LogP contribution is 2.21. The summed E-state index contributed by atoms with van der Waals surface area (Å²) in [6, 6.07) is 8.31. The van der Waals surface area contributed by atoms with Gasteiger partial charge in [0.1, 0.15) is 11.9 Å². The molecule has 0 aliphatic rings. The van der Waals surface area contributed by atoms with Crippen LogP contribution in [0.4, 0.5) is 11.5 Å². The Hall–Kier alpha value is -2.30.